The Morgan fingerprint density at radius 1 is 1.35 bits per heavy atom. The molecule has 0 amide bonds. The molecule has 0 aromatic carbocycles. The van der Waals surface area contributed by atoms with Crippen LogP contribution in [0, 0.1) is 11.3 Å². The van der Waals surface area contributed by atoms with Crippen LogP contribution in [-0.2, 0) is 0 Å². The summed E-state index contributed by atoms with van der Waals surface area (Å²) in [5, 5.41) is 3.48. The van der Waals surface area contributed by atoms with Crippen LogP contribution < -0.4 is 15.8 Å². The van der Waals surface area contributed by atoms with Crippen LogP contribution in [0.4, 0.5) is 11.5 Å². The fourth-order valence-electron chi connectivity index (χ4n) is 2.77. The lowest BCUT2D eigenvalue weighted by Gasteiger charge is -2.22. The van der Waals surface area contributed by atoms with Gasteiger partial charge in [-0.3, -0.25) is 0 Å². The Labute approximate surface area is 121 Å². The third kappa shape index (κ3) is 3.00. The first-order valence-electron chi connectivity index (χ1n) is 7.57. The zero-order valence-electron chi connectivity index (χ0n) is 12.7. The van der Waals surface area contributed by atoms with Crippen molar-refractivity contribution < 1.29 is 4.74 Å². The highest BCUT2D eigenvalue weighted by atomic mass is 16.5. The maximum atomic E-state index is 5.93. The summed E-state index contributed by atoms with van der Waals surface area (Å²) in [5.41, 5.74) is 6.80. The molecule has 1 aromatic rings. The van der Waals surface area contributed by atoms with Crippen molar-refractivity contribution in [3.63, 3.8) is 0 Å². The van der Waals surface area contributed by atoms with Crippen molar-refractivity contribution in [1.29, 1.82) is 0 Å². The number of nitrogens with two attached hydrogens (primary N) is 1. The van der Waals surface area contributed by atoms with Gasteiger partial charge in [0.15, 0.2) is 0 Å². The van der Waals surface area contributed by atoms with Crippen LogP contribution >= 0.6 is 0 Å². The molecular formula is C16H25N3O. The van der Waals surface area contributed by atoms with E-state index in [0.717, 1.165) is 18.3 Å². The van der Waals surface area contributed by atoms with Gasteiger partial charge in [-0.1, -0.05) is 0 Å². The van der Waals surface area contributed by atoms with Gasteiger partial charge in [0.25, 0.3) is 0 Å². The summed E-state index contributed by atoms with van der Waals surface area (Å²) in [6.45, 7) is 7.03. The van der Waals surface area contributed by atoms with Crippen molar-refractivity contribution in [2.75, 3.05) is 17.6 Å². The Bertz CT molecular complexity index is 499. The van der Waals surface area contributed by atoms with Gasteiger partial charge in [-0.25, -0.2) is 0 Å². The van der Waals surface area contributed by atoms with Crippen molar-refractivity contribution in [2.45, 2.75) is 52.1 Å². The Hall–Kier alpha value is -1.45. The topological polar surface area (TPSA) is 60.2 Å². The normalized spacial score (nSPS) is 20.6. The van der Waals surface area contributed by atoms with E-state index in [1.165, 1.54) is 25.7 Å². The Kier molecular flexibility index (Phi) is 3.07. The molecule has 2 aliphatic rings. The van der Waals surface area contributed by atoms with Crippen molar-refractivity contribution in [3.8, 4) is 5.88 Å². The van der Waals surface area contributed by atoms with Crippen molar-refractivity contribution >= 4 is 11.5 Å². The molecule has 0 unspecified atom stereocenters. The molecule has 110 valence electrons. The molecule has 20 heavy (non-hydrogen) atoms. The molecule has 1 heterocycles. The van der Waals surface area contributed by atoms with Crippen LogP contribution in [0.2, 0.25) is 0 Å². The lowest BCUT2D eigenvalue weighted by Crippen LogP contribution is -2.24. The van der Waals surface area contributed by atoms with Gasteiger partial charge in [-0.15, -0.1) is 0 Å². The number of anilines is 2. The highest BCUT2D eigenvalue weighted by Gasteiger charge is 2.53. The van der Waals surface area contributed by atoms with Crippen LogP contribution in [-0.4, -0.2) is 17.1 Å². The average molecular weight is 275 g/mol. The summed E-state index contributed by atoms with van der Waals surface area (Å²) < 4.78 is 5.80. The Balaban J connectivity index is 1.66. The second-order valence-corrected chi connectivity index (χ2v) is 7.30. The summed E-state index contributed by atoms with van der Waals surface area (Å²) in [4.78, 5) is 4.51. The molecule has 0 radical (unpaired) electrons. The van der Waals surface area contributed by atoms with Gasteiger partial charge in [0.1, 0.15) is 11.4 Å². The molecule has 0 saturated heterocycles. The first-order chi connectivity index (χ1) is 9.38. The number of ether oxygens (including phenoxy) is 1. The molecule has 0 spiro atoms. The summed E-state index contributed by atoms with van der Waals surface area (Å²) in [7, 11) is 0. The molecule has 2 saturated carbocycles. The van der Waals surface area contributed by atoms with Gasteiger partial charge in [0, 0.05) is 6.54 Å². The Morgan fingerprint density at radius 2 is 2.05 bits per heavy atom. The molecule has 0 aliphatic heterocycles. The smallest absolute Gasteiger partial charge is 0.239 e. The van der Waals surface area contributed by atoms with Crippen molar-refractivity contribution in [2.24, 2.45) is 11.3 Å². The quantitative estimate of drug-likeness (QED) is 0.864. The van der Waals surface area contributed by atoms with Crippen LogP contribution in [0.15, 0.2) is 12.1 Å². The zero-order valence-corrected chi connectivity index (χ0v) is 12.7. The van der Waals surface area contributed by atoms with E-state index in [0.29, 0.717) is 17.0 Å². The molecule has 3 N–H and O–H groups in total. The summed E-state index contributed by atoms with van der Waals surface area (Å²) >= 11 is 0. The molecule has 0 bridgehead atoms. The van der Waals surface area contributed by atoms with Crippen LogP contribution in [0.1, 0.15) is 46.5 Å². The number of nitrogens with zero attached hydrogens (tertiary/aromatic N) is 1. The lowest BCUT2D eigenvalue weighted by molar-refractivity contribution is 0.125. The second kappa shape index (κ2) is 4.54. The van der Waals surface area contributed by atoms with Crippen LogP contribution in [0.25, 0.3) is 0 Å². The summed E-state index contributed by atoms with van der Waals surface area (Å²) in [5.74, 6) is 2.35. The average Bonchev–Trinajstić information content (AvgIpc) is 3.22. The fraction of sp³-hybridized carbons (Fsp3) is 0.688. The molecule has 4 nitrogen and oxygen atoms in total. The minimum atomic E-state index is -0.286. The molecule has 4 heteroatoms. The monoisotopic (exact) mass is 275 g/mol. The largest absolute Gasteiger partial charge is 0.470 e. The van der Waals surface area contributed by atoms with E-state index in [1.807, 2.05) is 32.9 Å². The number of aromatic nitrogens is 1. The number of hydrogen-bond acceptors (Lipinski definition) is 4. The van der Waals surface area contributed by atoms with Gasteiger partial charge in [-0.2, -0.15) is 4.98 Å². The predicted molar refractivity (Wildman–Crippen MR) is 81.9 cm³/mol. The minimum Gasteiger partial charge on any atom is -0.470 e. The predicted octanol–water partition coefficient (Wildman–Crippen LogP) is 3.44. The standard InChI is InChI=1S/C16H25N3O/c1-15(2,3)20-14-12(17)6-7-13(19-14)18-10-16(8-9-16)11-4-5-11/h6-7,11H,4-5,8-10,17H2,1-3H3,(H,18,19). The third-order valence-electron chi connectivity index (χ3n) is 4.25. The van der Waals surface area contributed by atoms with Crippen molar-refractivity contribution in [1.82, 2.24) is 4.98 Å². The maximum absolute atomic E-state index is 5.93. The first-order valence-corrected chi connectivity index (χ1v) is 7.57. The van der Waals surface area contributed by atoms with E-state index in [1.54, 1.807) is 0 Å². The van der Waals surface area contributed by atoms with Gasteiger partial charge in [0.2, 0.25) is 5.88 Å². The van der Waals surface area contributed by atoms with Crippen LogP contribution in [0.3, 0.4) is 0 Å². The molecule has 1 aromatic heterocycles. The van der Waals surface area contributed by atoms with E-state index in [9.17, 15) is 0 Å². The van der Waals surface area contributed by atoms with Gasteiger partial charge < -0.3 is 15.8 Å². The molecule has 2 fully saturated rings. The van der Waals surface area contributed by atoms with E-state index in [2.05, 4.69) is 10.3 Å². The number of pyridine rings is 1. The third-order valence-corrected chi connectivity index (χ3v) is 4.25. The Morgan fingerprint density at radius 3 is 2.60 bits per heavy atom. The minimum absolute atomic E-state index is 0.286. The number of rotatable bonds is 5. The zero-order chi connectivity index (χ0) is 14.4. The number of hydrogen-bond donors (Lipinski definition) is 2. The second-order valence-electron chi connectivity index (χ2n) is 7.30. The number of nitrogens with one attached hydrogen (secondary N) is 1. The van der Waals surface area contributed by atoms with Crippen molar-refractivity contribution in [3.05, 3.63) is 12.1 Å². The van der Waals surface area contributed by atoms with E-state index >= 15 is 0 Å². The van der Waals surface area contributed by atoms with Gasteiger partial charge >= 0.3 is 0 Å². The highest BCUT2D eigenvalue weighted by Crippen LogP contribution is 2.61. The van der Waals surface area contributed by atoms with E-state index in [4.69, 9.17) is 10.5 Å². The van der Waals surface area contributed by atoms with E-state index < -0.39 is 0 Å². The lowest BCUT2D eigenvalue weighted by atomic mass is 10.0. The molecule has 0 atom stereocenters. The van der Waals surface area contributed by atoms with E-state index in [-0.39, 0.29) is 5.60 Å². The molecule has 2 aliphatic carbocycles. The summed E-state index contributed by atoms with van der Waals surface area (Å²) in [6, 6.07) is 3.81. The SMILES string of the molecule is CC(C)(C)Oc1nc(NCC2(C3CC3)CC2)ccc1N. The maximum Gasteiger partial charge on any atom is 0.239 e. The molecule has 3 rings (SSSR count). The fourth-order valence-corrected chi connectivity index (χ4v) is 2.77. The molecular weight excluding hydrogens is 250 g/mol. The number of nitrogen functional groups attached to an aromatic ring is 1. The summed E-state index contributed by atoms with van der Waals surface area (Å²) in [6.07, 6.45) is 5.56. The van der Waals surface area contributed by atoms with Gasteiger partial charge in [-0.05, 0) is 69.9 Å². The van der Waals surface area contributed by atoms with Gasteiger partial charge in [0.05, 0.1) is 5.69 Å². The van der Waals surface area contributed by atoms with Crippen LogP contribution in [0.5, 0.6) is 5.88 Å². The highest BCUT2D eigenvalue weighted by molar-refractivity contribution is 5.54. The first kappa shape index (κ1) is 13.5.